The molecule has 5 nitrogen and oxygen atoms in total. The fourth-order valence-electron chi connectivity index (χ4n) is 1.81. The van der Waals surface area contributed by atoms with Crippen LogP contribution in [0, 0.1) is 11.3 Å². The largest absolute Gasteiger partial charge is 0.383 e. The number of nitrogens with zero attached hydrogens (tertiary/aromatic N) is 2. The fourth-order valence-corrected chi connectivity index (χ4v) is 1.81. The Morgan fingerprint density at radius 1 is 1.33 bits per heavy atom. The smallest absolute Gasteiger partial charge is 0.101 e. The quantitative estimate of drug-likeness (QED) is 0.632. The summed E-state index contributed by atoms with van der Waals surface area (Å²) in [5.74, 6) is 0. The highest BCUT2D eigenvalue weighted by Crippen LogP contribution is 2.09. The Morgan fingerprint density at radius 3 is 2.50 bits per heavy atom. The number of methoxy groups -OCH3 is 2. The van der Waals surface area contributed by atoms with Gasteiger partial charge in [0.15, 0.2) is 0 Å². The van der Waals surface area contributed by atoms with Gasteiger partial charge in [0.05, 0.1) is 19.3 Å². The maximum atomic E-state index is 8.87. The third kappa shape index (κ3) is 7.62. The molecule has 0 heterocycles. The van der Waals surface area contributed by atoms with Crippen molar-refractivity contribution in [3.05, 3.63) is 0 Å². The van der Waals surface area contributed by atoms with Crippen LogP contribution < -0.4 is 5.73 Å². The number of hydrogen-bond donors (Lipinski definition) is 1. The average Bonchev–Trinajstić information content (AvgIpc) is 2.33. The lowest BCUT2D eigenvalue weighted by atomic mass is 9.99. The molecule has 0 fully saturated rings. The van der Waals surface area contributed by atoms with Crippen molar-refractivity contribution in [1.29, 1.82) is 5.26 Å². The SMILES string of the molecule is COCCN(CCCC(C)(N)C#N)C(C)COC. The van der Waals surface area contributed by atoms with E-state index in [0.29, 0.717) is 25.7 Å². The molecule has 18 heavy (non-hydrogen) atoms. The molecule has 0 amide bonds. The molecule has 0 rings (SSSR count). The second-order valence-corrected chi connectivity index (χ2v) is 4.97. The Balaban J connectivity index is 4.12. The summed E-state index contributed by atoms with van der Waals surface area (Å²) in [6.07, 6.45) is 1.60. The topological polar surface area (TPSA) is 71.5 Å². The lowest BCUT2D eigenvalue weighted by Crippen LogP contribution is -2.41. The molecule has 0 saturated heterocycles. The second kappa shape index (κ2) is 9.29. The molecule has 0 aromatic rings. The van der Waals surface area contributed by atoms with E-state index in [-0.39, 0.29) is 0 Å². The van der Waals surface area contributed by atoms with Crippen LogP contribution in [-0.4, -0.2) is 57.0 Å². The number of ether oxygens (including phenoxy) is 2. The van der Waals surface area contributed by atoms with Gasteiger partial charge >= 0.3 is 0 Å². The van der Waals surface area contributed by atoms with E-state index in [1.165, 1.54) is 0 Å². The molecule has 0 saturated carbocycles. The van der Waals surface area contributed by atoms with E-state index in [1.807, 2.05) is 0 Å². The number of nitriles is 1. The van der Waals surface area contributed by atoms with E-state index in [2.05, 4.69) is 17.9 Å². The molecule has 0 aromatic heterocycles. The summed E-state index contributed by atoms with van der Waals surface area (Å²) in [6, 6.07) is 2.47. The highest BCUT2D eigenvalue weighted by Gasteiger charge is 2.19. The van der Waals surface area contributed by atoms with Crippen molar-refractivity contribution in [3.63, 3.8) is 0 Å². The summed E-state index contributed by atoms with van der Waals surface area (Å²) in [6.45, 7) is 7.07. The van der Waals surface area contributed by atoms with E-state index < -0.39 is 5.54 Å². The summed E-state index contributed by atoms with van der Waals surface area (Å²) in [4.78, 5) is 2.31. The molecule has 2 atom stereocenters. The lowest BCUT2D eigenvalue weighted by Gasteiger charge is -2.29. The molecule has 0 radical (unpaired) electrons. The van der Waals surface area contributed by atoms with Crippen LogP contribution in [0.2, 0.25) is 0 Å². The van der Waals surface area contributed by atoms with Gasteiger partial charge in [0, 0.05) is 26.8 Å². The van der Waals surface area contributed by atoms with E-state index in [1.54, 1.807) is 21.1 Å². The third-order valence-corrected chi connectivity index (χ3v) is 3.01. The number of nitrogens with two attached hydrogens (primary N) is 1. The van der Waals surface area contributed by atoms with Gasteiger partial charge in [0.1, 0.15) is 5.54 Å². The molecule has 2 N–H and O–H groups in total. The van der Waals surface area contributed by atoms with Crippen LogP contribution in [0.25, 0.3) is 0 Å². The van der Waals surface area contributed by atoms with Crippen LogP contribution >= 0.6 is 0 Å². The molecule has 0 aromatic carbocycles. The summed E-state index contributed by atoms with van der Waals surface area (Å²) in [5, 5.41) is 8.87. The standard InChI is InChI=1S/C13H27N3O2/c1-12(10-18-4)16(8-9-17-3)7-5-6-13(2,15)11-14/h12H,5-10,15H2,1-4H3. The highest BCUT2D eigenvalue weighted by molar-refractivity contribution is 5.00. The lowest BCUT2D eigenvalue weighted by molar-refractivity contribution is 0.0734. The number of rotatable bonds is 10. The molecule has 0 aliphatic heterocycles. The van der Waals surface area contributed by atoms with E-state index in [4.69, 9.17) is 20.5 Å². The first-order valence-electron chi connectivity index (χ1n) is 6.39. The van der Waals surface area contributed by atoms with Crippen molar-refractivity contribution in [1.82, 2.24) is 4.90 Å². The molecule has 0 aliphatic carbocycles. The molecular formula is C13H27N3O2. The van der Waals surface area contributed by atoms with Gasteiger partial charge in [-0.05, 0) is 33.2 Å². The van der Waals surface area contributed by atoms with Gasteiger partial charge in [0.2, 0.25) is 0 Å². The van der Waals surface area contributed by atoms with Gasteiger partial charge in [-0.25, -0.2) is 0 Å². The minimum atomic E-state index is -0.725. The first-order valence-corrected chi connectivity index (χ1v) is 6.39. The number of hydrogen-bond acceptors (Lipinski definition) is 5. The zero-order valence-corrected chi connectivity index (χ0v) is 12.1. The van der Waals surface area contributed by atoms with Crippen molar-refractivity contribution in [3.8, 4) is 6.07 Å². The first-order chi connectivity index (χ1) is 8.46. The third-order valence-electron chi connectivity index (χ3n) is 3.01. The van der Waals surface area contributed by atoms with Gasteiger partial charge in [-0.3, -0.25) is 4.90 Å². The van der Waals surface area contributed by atoms with Crippen molar-refractivity contribution in [2.45, 2.75) is 38.3 Å². The first kappa shape index (κ1) is 17.3. The van der Waals surface area contributed by atoms with Gasteiger partial charge in [-0.2, -0.15) is 5.26 Å². The van der Waals surface area contributed by atoms with Gasteiger partial charge in [-0.1, -0.05) is 0 Å². The monoisotopic (exact) mass is 257 g/mol. The maximum absolute atomic E-state index is 8.87. The zero-order valence-electron chi connectivity index (χ0n) is 12.1. The Hall–Kier alpha value is -0.670. The van der Waals surface area contributed by atoms with Crippen molar-refractivity contribution < 1.29 is 9.47 Å². The van der Waals surface area contributed by atoms with Gasteiger partial charge in [0.25, 0.3) is 0 Å². The van der Waals surface area contributed by atoms with Crippen LogP contribution in [0.4, 0.5) is 0 Å². The van der Waals surface area contributed by atoms with Crippen molar-refractivity contribution >= 4 is 0 Å². The van der Waals surface area contributed by atoms with Crippen LogP contribution in [-0.2, 0) is 9.47 Å². The predicted octanol–water partition coefficient (Wildman–Crippen LogP) is 0.991. The van der Waals surface area contributed by atoms with Gasteiger partial charge in [-0.15, -0.1) is 0 Å². The molecule has 2 unspecified atom stereocenters. The van der Waals surface area contributed by atoms with Crippen LogP contribution in [0.15, 0.2) is 0 Å². The summed E-state index contributed by atoms with van der Waals surface area (Å²) < 4.78 is 10.3. The van der Waals surface area contributed by atoms with E-state index >= 15 is 0 Å². The molecular weight excluding hydrogens is 230 g/mol. The van der Waals surface area contributed by atoms with Crippen molar-refractivity contribution in [2.75, 3.05) is 40.5 Å². The van der Waals surface area contributed by atoms with E-state index in [0.717, 1.165) is 19.5 Å². The minimum Gasteiger partial charge on any atom is -0.383 e. The summed E-state index contributed by atoms with van der Waals surface area (Å²) >= 11 is 0. The van der Waals surface area contributed by atoms with Gasteiger partial charge < -0.3 is 15.2 Å². The molecule has 0 aliphatic rings. The minimum absolute atomic E-state index is 0.344. The van der Waals surface area contributed by atoms with Crippen LogP contribution in [0.3, 0.4) is 0 Å². The normalized spacial score (nSPS) is 16.3. The summed E-state index contributed by atoms with van der Waals surface area (Å²) in [7, 11) is 3.41. The van der Waals surface area contributed by atoms with E-state index in [9.17, 15) is 0 Å². The zero-order chi connectivity index (χ0) is 14.0. The molecule has 5 heteroatoms. The second-order valence-electron chi connectivity index (χ2n) is 4.97. The Bertz CT molecular complexity index is 251. The predicted molar refractivity (Wildman–Crippen MR) is 72.2 cm³/mol. The Kier molecular flexibility index (Phi) is 8.94. The molecule has 0 bridgehead atoms. The Labute approximate surface area is 111 Å². The average molecular weight is 257 g/mol. The van der Waals surface area contributed by atoms with Crippen molar-refractivity contribution in [2.24, 2.45) is 5.73 Å². The Morgan fingerprint density at radius 2 is 2.00 bits per heavy atom. The highest BCUT2D eigenvalue weighted by atomic mass is 16.5. The van der Waals surface area contributed by atoms with Crippen LogP contribution in [0.1, 0.15) is 26.7 Å². The molecule has 106 valence electrons. The molecule has 0 spiro atoms. The van der Waals surface area contributed by atoms with Crippen LogP contribution in [0.5, 0.6) is 0 Å². The fraction of sp³-hybridized carbons (Fsp3) is 0.923. The summed E-state index contributed by atoms with van der Waals surface area (Å²) in [5.41, 5.74) is 5.08. The maximum Gasteiger partial charge on any atom is 0.101 e.